The molecule has 0 bridgehead atoms. The molecule has 2 aromatic carbocycles. The maximum atomic E-state index is 11.8. The second-order valence-corrected chi connectivity index (χ2v) is 7.97. The van der Waals surface area contributed by atoms with Crippen LogP contribution < -0.4 is 0 Å². The summed E-state index contributed by atoms with van der Waals surface area (Å²) in [7, 11) is 1.41. The number of carbonyl (C=O) groups excluding carboxylic acids is 1. The second kappa shape index (κ2) is 10.7. The van der Waals surface area contributed by atoms with E-state index in [-0.39, 0.29) is 5.97 Å². The average Bonchev–Trinajstić information content (AvgIpc) is 2.75. The van der Waals surface area contributed by atoms with E-state index < -0.39 is 0 Å². The molecule has 0 atom stereocenters. The second-order valence-electron chi connectivity index (χ2n) is 7.13. The summed E-state index contributed by atoms with van der Waals surface area (Å²) < 4.78 is 10.8. The number of halogens is 2. The number of hydrogen-bond acceptors (Lipinski definition) is 4. The van der Waals surface area contributed by atoms with Crippen LogP contribution in [0.25, 0.3) is 5.57 Å². The van der Waals surface area contributed by atoms with Crippen LogP contribution in [-0.4, -0.2) is 44.2 Å². The first kappa shape index (κ1) is 22.4. The highest BCUT2D eigenvalue weighted by Crippen LogP contribution is 2.32. The Labute approximate surface area is 187 Å². The third-order valence-electron chi connectivity index (χ3n) is 5.06. The molecular weight excluding hydrogens is 421 g/mol. The zero-order chi connectivity index (χ0) is 21.5. The molecule has 0 amide bonds. The van der Waals surface area contributed by atoms with Crippen molar-refractivity contribution in [2.24, 2.45) is 0 Å². The molecule has 0 saturated heterocycles. The number of carbonyl (C=O) groups is 1. The van der Waals surface area contributed by atoms with Crippen LogP contribution in [0.2, 0.25) is 10.0 Å². The lowest BCUT2D eigenvalue weighted by Gasteiger charge is -2.25. The molecule has 0 radical (unpaired) electrons. The zero-order valence-corrected chi connectivity index (χ0v) is 18.7. The number of esters is 1. The van der Waals surface area contributed by atoms with Gasteiger partial charge in [0.15, 0.2) is 0 Å². The fourth-order valence-corrected chi connectivity index (χ4v) is 3.97. The van der Waals surface area contributed by atoms with E-state index in [9.17, 15) is 4.79 Å². The maximum Gasteiger partial charge on any atom is 0.334 e. The van der Waals surface area contributed by atoms with E-state index in [1.807, 2.05) is 36.4 Å². The Morgan fingerprint density at radius 3 is 2.70 bits per heavy atom. The zero-order valence-electron chi connectivity index (χ0n) is 17.2. The van der Waals surface area contributed by atoms with Gasteiger partial charge in [-0.2, -0.15) is 0 Å². The Hall–Kier alpha value is -2.27. The van der Waals surface area contributed by atoms with Crippen molar-refractivity contribution in [2.45, 2.75) is 13.3 Å². The van der Waals surface area contributed by atoms with Gasteiger partial charge < -0.3 is 9.47 Å². The maximum absolute atomic E-state index is 11.8. The monoisotopic (exact) mass is 445 g/mol. The van der Waals surface area contributed by atoms with E-state index >= 15 is 0 Å². The van der Waals surface area contributed by atoms with E-state index in [4.69, 9.17) is 32.7 Å². The van der Waals surface area contributed by atoms with Crippen LogP contribution in [0.15, 0.2) is 60.4 Å². The minimum Gasteiger partial charge on any atom is -0.499 e. The van der Waals surface area contributed by atoms with Crippen molar-refractivity contribution in [2.75, 3.05) is 33.4 Å². The Morgan fingerprint density at radius 1 is 1.17 bits per heavy atom. The van der Waals surface area contributed by atoms with Crippen molar-refractivity contribution in [1.82, 2.24) is 4.90 Å². The number of rotatable bonds is 7. The molecule has 0 aliphatic carbocycles. The Kier molecular flexibility index (Phi) is 7.97. The Bertz CT molecular complexity index is 969. The molecule has 30 heavy (non-hydrogen) atoms. The van der Waals surface area contributed by atoms with Crippen molar-refractivity contribution >= 4 is 34.7 Å². The number of nitrogens with zero attached hydrogens (tertiary/aromatic N) is 1. The third kappa shape index (κ3) is 5.66. The summed E-state index contributed by atoms with van der Waals surface area (Å²) >= 11 is 12.6. The summed E-state index contributed by atoms with van der Waals surface area (Å²) in [5.74, 6) is -0.264. The first-order valence-corrected chi connectivity index (χ1v) is 10.6. The first-order chi connectivity index (χ1) is 14.5. The van der Waals surface area contributed by atoms with Gasteiger partial charge in [-0.05, 0) is 36.6 Å². The van der Waals surface area contributed by atoms with Crippen molar-refractivity contribution < 1.29 is 14.3 Å². The van der Waals surface area contributed by atoms with Crippen LogP contribution in [0.3, 0.4) is 0 Å². The molecule has 1 aliphatic heterocycles. The highest BCUT2D eigenvalue weighted by atomic mass is 35.5. The van der Waals surface area contributed by atoms with Crippen molar-refractivity contribution in [3.8, 4) is 0 Å². The molecule has 158 valence electrons. The molecule has 0 spiro atoms. The van der Waals surface area contributed by atoms with Crippen LogP contribution in [0.1, 0.15) is 23.1 Å². The molecule has 0 unspecified atom stereocenters. The van der Waals surface area contributed by atoms with E-state index in [1.165, 1.54) is 7.11 Å². The number of aryl methyl sites for hydroxylation is 1. The number of ether oxygens (including phenoxy) is 2. The van der Waals surface area contributed by atoms with Crippen LogP contribution in [-0.2, 0) is 14.3 Å². The summed E-state index contributed by atoms with van der Waals surface area (Å²) in [5, 5.41) is 1.16. The largest absolute Gasteiger partial charge is 0.499 e. The highest BCUT2D eigenvalue weighted by molar-refractivity contribution is 6.35. The summed E-state index contributed by atoms with van der Waals surface area (Å²) in [6.45, 7) is 4.73. The summed E-state index contributed by atoms with van der Waals surface area (Å²) in [6.07, 6.45) is 4.54. The summed E-state index contributed by atoms with van der Waals surface area (Å²) in [4.78, 5) is 13.9. The lowest BCUT2D eigenvalue weighted by Crippen LogP contribution is -2.34. The molecular formula is C24H25Cl2NO3. The van der Waals surface area contributed by atoms with Gasteiger partial charge in [-0.3, -0.25) is 4.90 Å². The van der Waals surface area contributed by atoms with E-state index in [0.29, 0.717) is 35.3 Å². The van der Waals surface area contributed by atoms with Crippen LogP contribution in [0.4, 0.5) is 0 Å². The number of benzene rings is 2. The van der Waals surface area contributed by atoms with Crippen LogP contribution in [0, 0.1) is 6.92 Å². The third-order valence-corrected chi connectivity index (χ3v) is 5.61. The normalized spacial score (nSPS) is 14.9. The molecule has 0 N–H and O–H groups in total. The summed E-state index contributed by atoms with van der Waals surface area (Å²) in [5.41, 5.74) is 4.65. The van der Waals surface area contributed by atoms with Gasteiger partial charge in [-0.1, -0.05) is 59.6 Å². The fraction of sp³-hybridized carbons (Fsp3) is 0.292. The topological polar surface area (TPSA) is 38.8 Å². The molecule has 1 aliphatic rings. The Balaban J connectivity index is 1.73. The Morgan fingerprint density at radius 2 is 1.97 bits per heavy atom. The van der Waals surface area contributed by atoms with Gasteiger partial charge >= 0.3 is 5.97 Å². The van der Waals surface area contributed by atoms with Gasteiger partial charge in [0.2, 0.25) is 0 Å². The van der Waals surface area contributed by atoms with E-state index in [0.717, 1.165) is 35.2 Å². The van der Waals surface area contributed by atoms with Crippen molar-refractivity contribution in [3.63, 3.8) is 0 Å². The van der Waals surface area contributed by atoms with Crippen LogP contribution in [0.5, 0.6) is 0 Å². The first-order valence-electron chi connectivity index (χ1n) is 9.82. The molecule has 6 heteroatoms. The van der Waals surface area contributed by atoms with Gasteiger partial charge in [-0.25, -0.2) is 4.79 Å². The molecule has 1 heterocycles. The predicted octanol–water partition coefficient (Wildman–Crippen LogP) is 5.51. The van der Waals surface area contributed by atoms with Gasteiger partial charge in [0, 0.05) is 41.4 Å². The van der Waals surface area contributed by atoms with Crippen molar-refractivity contribution in [1.29, 1.82) is 0 Å². The highest BCUT2D eigenvalue weighted by Gasteiger charge is 2.18. The lowest BCUT2D eigenvalue weighted by molar-refractivity contribution is -0.136. The minimum absolute atomic E-state index is 0.264. The van der Waals surface area contributed by atoms with Crippen molar-refractivity contribution in [3.05, 3.63) is 87.1 Å². The molecule has 0 fully saturated rings. The molecule has 0 saturated carbocycles. The predicted molar refractivity (Wildman–Crippen MR) is 122 cm³/mol. The number of hydrogen-bond donors (Lipinski definition) is 0. The minimum atomic E-state index is -0.264. The molecule has 4 nitrogen and oxygen atoms in total. The van der Waals surface area contributed by atoms with E-state index in [2.05, 4.69) is 17.9 Å². The van der Waals surface area contributed by atoms with Gasteiger partial charge in [0.05, 0.1) is 18.4 Å². The standard InChI is InChI=1S/C24H25Cl2NO3/c1-17-6-3-4-8-20(17)22(21-10-9-19(25)14-23(21)26)16-30-13-12-27-11-5-7-18(15-27)24(28)29-2/h3-4,6-10,14,16H,5,11-13,15H2,1-2H3/b22-16+. The van der Waals surface area contributed by atoms with Gasteiger partial charge in [-0.15, -0.1) is 0 Å². The smallest absolute Gasteiger partial charge is 0.334 e. The fourth-order valence-electron chi connectivity index (χ4n) is 3.45. The SMILES string of the molecule is COC(=O)C1=CCCN(CCO/C=C(\c2ccccc2C)c2ccc(Cl)cc2Cl)C1. The quantitative estimate of drug-likeness (QED) is 0.319. The summed E-state index contributed by atoms with van der Waals surface area (Å²) in [6, 6.07) is 13.6. The van der Waals surface area contributed by atoms with E-state index in [1.54, 1.807) is 12.3 Å². The molecule has 2 aromatic rings. The number of methoxy groups -OCH3 is 1. The van der Waals surface area contributed by atoms with Gasteiger partial charge in [0.25, 0.3) is 0 Å². The van der Waals surface area contributed by atoms with Gasteiger partial charge in [0.1, 0.15) is 6.61 Å². The lowest BCUT2D eigenvalue weighted by atomic mass is 9.95. The van der Waals surface area contributed by atoms with Crippen LogP contribution >= 0.6 is 23.2 Å². The average molecular weight is 446 g/mol. The molecule has 0 aromatic heterocycles. The molecule has 3 rings (SSSR count).